The summed E-state index contributed by atoms with van der Waals surface area (Å²) in [6, 6.07) is 12.2. The molecule has 0 unspecified atom stereocenters. The third-order valence-corrected chi connectivity index (χ3v) is 3.97. The second-order valence-corrected chi connectivity index (χ2v) is 5.25. The van der Waals surface area contributed by atoms with Crippen LogP contribution >= 0.6 is 0 Å². The zero-order chi connectivity index (χ0) is 14.4. The number of hydrogen-bond donors (Lipinski definition) is 0. The third kappa shape index (κ3) is 1.72. The van der Waals surface area contributed by atoms with Crippen LogP contribution in [0, 0.1) is 13.8 Å². The van der Waals surface area contributed by atoms with E-state index in [0.717, 1.165) is 16.7 Å². The van der Waals surface area contributed by atoms with Crippen molar-refractivity contribution in [3.8, 4) is 5.69 Å². The van der Waals surface area contributed by atoms with Gasteiger partial charge in [-0.2, -0.15) is 0 Å². The normalized spacial score (nSPS) is 11.3. The van der Waals surface area contributed by atoms with Crippen LogP contribution < -0.4 is 0 Å². The summed E-state index contributed by atoms with van der Waals surface area (Å²) >= 11 is 0. The second-order valence-electron chi connectivity index (χ2n) is 5.25. The molecule has 0 aliphatic rings. The highest BCUT2D eigenvalue weighted by atomic mass is 15.4. The smallest absolute Gasteiger partial charge is 0.113 e. The zero-order valence-electron chi connectivity index (χ0n) is 11.9. The summed E-state index contributed by atoms with van der Waals surface area (Å²) in [7, 11) is 0. The Labute approximate surface area is 122 Å². The molecule has 0 atom stereocenters. The molecule has 0 saturated heterocycles. The summed E-state index contributed by atoms with van der Waals surface area (Å²) in [5.74, 6) is 0. The number of hydrogen-bond acceptors (Lipinski definition) is 3. The molecule has 0 fully saturated rings. The first-order chi connectivity index (χ1) is 10.3. The van der Waals surface area contributed by atoms with E-state index in [9.17, 15) is 0 Å². The van der Waals surface area contributed by atoms with E-state index in [4.69, 9.17) is 0 Å². The van der Waals surface area contributed by atoms with E-state index in [0.29, 0.717) is 0 Å². The number of para-hydroxylation sites is 1. The minimum atomic E-state index is 0.907. The van der Waals surface area contributed by atoms with Gasteiger partial charge in [0.15, 0.2) is 0 Å². The van der Waals surface area contributed by atoms with Crippen molar-refractivity contribution in [2.45, 2.75) is 13.8 Å². The highest BCUT2D eigenvalue weighted by molar-refractivity contribution is 5.91. The van der Waals surface area contributed by atoms with Gasteiger partial charge in [-0.25, -0.2) is 4.68 Å². The minimum Gasteiger partial charge on any atom is -0.264 e. The van der Waals surface area contributed by atoms with Crippen LogP contribution in [0.15, 0.2) is 48.8 Å². The van der Waals surface area contributed by atoms with Gasteiger partial charge in [-0.1, -0.05) is 17.3 Å². The monoisotopic (exact) mass is 274 g/mol. The minimum absolute atomic E-state index is 0.907. The Hall–Kier alpha value is -2.75. The van der Waals surface area contributed by atoms with Gasteiger partial charge in [-0.05, 0) is 54.6 Å². The van der Waals surface area contributed by atoms with Crippen molar-refractivity contribution in [2.24, 2.45) is 0 Å². The summed E-state index contributed by atoms with van der Waals surface area (Å²) in [4.78, 5) is 4.22. The van der Waals surface area contributed by atoms with E-state index in [-0.39, 0.29) is 0 Å². The van der Waals surface area contributed by atoms with Crippen LogP contribution in [-0.2, 0) is 0 Å². The molecular weight excluding hydrogens is 260 g/mol. The third-order valence-electron chi connectivity index (χ3n) is 3.97. The molecule has 4 nitrogen and oxygen atoms in total. The van der Waals surface area contributed by atoms with Crippen LogP contribution in [-0.4, -0.2) is 20.0 Å². The van der Waals surface area contributed by atoms with Crippen LogP contribution in [0.4, 0.5) is 0 Å². The predicted octanol–water partition coefficient (Wildman–Crippen LogP) is 3.59. The van der Waals surface area contributed by atoms with Gasteiger partial charge >= 0.3 is 0 Å². The maximum absolute atomic E-state index is 4.33. The zero-order valence-corrected chi connectivity index (χ0v) is 11.9. The fourth-order valence-electron chi connectivity index (χ4n) is 2.83. The molecule has 4 aromatic rings. The Balaban J connectivity index is 2.09. The molecule has 0 aliphatic carbocycles. The molecule has 4 rings (SSSR count). The van der Waals surface area contributed by atoms with Crippen LogP contribution in [0.2, 0.25) is 0 Å². The molecule has 0 aliphatic heterocycles. The number of aromatic nitrogens is 4. The molecule has 4 heteroatoms. The first-order valence-electron chi connectivity index (χ1n) is 6.90. The van der Waals surface area contributed by atoms with Gasteiger partial charge in [0.25, 0.3) is 0 Å². The quantitative estimate of drug-likeness (QED) is 0.533. The summed E-state index contributed by atoms with van der Waals surface area (Å²) in [5, 5.41) is 11.0. The van der Waals surface area contributed by atoms with Crippen molar-refractivity contribution in [3.05, 3.63) is 59.9 Å². The number of fused-ring (bicyclic) bond motifs is 2. The van der Waals surface area contributed by atoms with Gasteiger partial charge in [-0.15, -0.1) is 5.10 Å². The number of rotatable bonds is 1. The highest BCUT2D eigenvalue weighted by Gasteiger charge is 2.12. The molecule has 0 spiro atoms. The Morgan fingerprint density at radius 2 is 1.86 bits per heavy atom. The van der Waals surface area contributed by atoms with Crippen molar-refractivity contribution in [1.82, 2.24) is 20.0 Å². The lowest BCUT2D eigenvalue weighted by Crippen LogP contribution is -2.01. The van der Waals surface area contributed by atoms with E-state index in [1.165, 1.54) is 21.9 Å². The summed E-state index contributed by atoms with van der Waals surface area (Å²) in [6.07, 6.45) is 3.75. The Morgan fingerprint density at radius 1 is 1.00 bits per heavy atom. The molecule has 2 aromatic carbocycles. The average molecular weight is 274 g/mol. The van der Waals surface area contributed by atoms with E-state index in [2.05, 4.69) is 41.3 Å². The lowest BCUT2D eigenvalue weighted by atomic mass is 10.0. The van der Waals surface area contributed by atoms with Gasteiger partial charge < -0.3 is 0 Å². The van der Waals surface area contributed by atoms with Gasteiger partial charge in [0.05, 0.1) is 11.2 Å². The standard InChI is InChI=1S/C17H14N4/c1-11-9-17(12(2)13-7-8-18-10-14(11)13)21-16-6-4-3-5-15(16)19-20-21/h3-10H,1-2H3. The van der Waals surface area contributed by atoms with Crippen LogP contribution in [0.5, 0.6) is 0 Å². The van der Waals surface area contributed by atoms with Crippen molar-refractivity contribution >= 4 is 21.8 Å². The molecule has 0 amide bonds. The van der Waals surface area contributed by atoms with Gasteiger partial charge in [0, 0.05) is 17.8 Å². The molecule has 2 aromatic heterocycles. The Morgan fingerprint density at radius 3 is 2.76 bits per heavy atom. The molecule has 0 bridgehead atoms. The molecule has 0 saturated carbocycles. The summed E-state index contributed by atoms with van der Waals surface area (Å²) < 4.78 is 1.91. The highest BCUT2D eigenvalue weighted by Crippen LogP contribution is 2.28. The van der Waals surface area contributed by atoms with E-state index in [1.807, 2.05) is 41.3 Å². The predicted molar refractivity (Wildman–Crippen MR) is 83.6 cm³/mol. The lowest BCUT2D eigenvalue weighted by Gasteiger charge is -2.12. The van der Waals surface area contributed by atoms with Crippen molar-refractivity contribution in [3.63, 3.8) is 0 Å². The van der Waals surface area contributed by atoms with Gasteiger partial charge in [-0.3, -0.25) is 4.98 Å². The lowest BCUT2D eigenvalue weighted by molar-refractivity contribution is 0.820. The Bertz CT molecular complexity index is 969. The molecule has 21 heavy (non-hydrogen) atoms. The molecule has 102 valence electrons. The molecular formula is C17H14N4. The number of aryl methyl sites for hydroxylation is 2. The fraction of sp³-hybridized carbons (Fsp3) is 0.118. The van der Waals surface area contributed by atoms with Gasteiger partial charge in [0.1, 0.15) is 5.52 Å². The van der Waals surface area contributed by atoms with E-state index >= 15 is 0 Å². The maximum atomic E-state index is 4.33. The maximum Gasteiger partial charge on any atom is 0.113 e. The Kier molecular flexibility index (Phi) is 2.51. The number of nitrogens with zero attached hydrogens (tertiary/aromatic N) is 4. The SMILES string of the molecule is Cc1cc(-n2nnc3ccccc32)c(C)c2ccncc12. The number of benzene rings is 2. The number of pyridine rings is 1. The first-order valence-corrected chi connectivity index (χ1v) is 6.90. The molecule has 0 radical (unpaired) electrons. The van der Waals surface area contributed by atoms with Gasteiger partial charge in [0.2, 0.25) is 0 Å². The fourth-order valence-corrected chi connectivity index (χ4v) is 2.83. The van der Waals surface area contributed by atoms with Crippen molar-refractivity contribution < 1.29 is 0 Å². The first kappa shape index (κ1) is 12.0. The van der Waals surface area contributed by atoms with Crippen molar-refractivity contribution in [1.29, 1.82) is 0 Å². The summed E-state index contributed by atoms with van der Waals surface area (Å²) in [5.41, 5.74) is 5.38. The largest absolute Gasteiger partial charge is 0.264 e. The summed E-state index contributed by atoms with van der Waals surface area (Å²) in [6.45, 7) is 4.22. The van der Waals surface area contributed by atoms with E-state index in [1.54, 1.807) is 0 Å². The molecule has 2 heterocycles. The topological polar surface area (TPSA) is 43.6 Å². The second kappa shape index (κ2) is 4.38. The van der Waals surface area contributed by atoms with Crippen LogP contribution in [0.1, 0.15) is 11.1 Å². The average Bonchev–Trinajstić information content (AvgIpc) is 2.95. The van der Waals surface area contributed by atoms with Crippen molar-refractivity contribution in [2.75, 3.05) is 0 Å². The van der Waals surface area contributed by atoms with Crippen LogP contribution in [0.3, 0.4) is 0 Å². The van der Waals surface area contributed by atoms with E-state index < -0.39 is 0 Å². The molecule has 0 N–H and O–H groups in total. The van der Waals surface area contributed by atoms with Crippen LogP contribution in [0.25, 0.3) is 27.5 Å².